The van der Waals surface area contributed by atoms with Crippen molar-refractivity contribution in [2.45, 2.75) is 0 Å². The molecule has 1 aromatic rings. The van der Waals surface area contributed by atoms with Crippen LogP contribution in [0.4, 0.5) is 17.3 Å². The summed E-state index contributed by atoms with van der Waals surface area (Å²) in [4.78, 5) is 31.1. The van der Waals surface area contributed by atoms with Crippen LogP contribution in [0.3, 0.4) is 0 Å². The van der Waals surface area contributed by atoms with Crippen LogP contribution in [0.25, 0.3) is 0 Å². The average molecular weight is 239 g/mol. The minimum atomic E-state index is -0.436. The third-order valence-corrected chi connectivity index (χ3v) is 2.09. The first-order valence-corrected chi connectivity index (χ1v) is 4.78. The van der Waals surface area contributed by atoms with Gasteiger partial charge in [-0.05, 0) is 5.18 Å². The number of methoxy groups -OCH3 is 1. The van der Waals surface area contributed by atoms with Gasteiger partial charge in [0, 0.05) is 14.1 Å². The zero-order chi connectivity index (χ0) is 12.8. The van der Waals surface area contributed by atoms with Crippen molar-refractivity contribution in [2.75, 3.05) is 38.0 Å². The number of rotatable bonds is 5. The molecule has 0 spiro atoms. The molecule has 0 saturated heterocycles. The van der Waals surface area contributed by atoms with Crippen molar-refractivity contribution < 1.29 is 9.53 Å². The molecule has 92 valence electrons. The minimum Gasteiger partial charge on any atom is -0.468 e. The molecule has 0 aliphatic carbocycles. The van der Waals surface area contributed by atoms with Crippen molar-refractivity contribution in [1.29, 1.82) is 0 Å². The Labute approximate surface area is 98.0 Å². The molecule has 0 radical (unpaired) electrons. The maximum atomic E-state index is 11.1. The van der Waals surface area contributed by atoms with Crippen molar-refractivity contribution >= 4 is 23.3 Å². The molecule has 0 amide bonds. The lowest BCUT2D eigenvalue weighted by Gasteiger charge is -2.17. The summed E-state index contributed by atoms with van der Waals surface area (Å²) in [6.07, 6.45) is 1.28. The Morgan fingerprint density at radius 3 is 2.82 bits per heavy atom. The molecular formula is C9H13N5O3. The highest BCUT2D eigenvalue weighted by molar-refractivity contribution is 5.79. The smallest absolute Gasteiger partial charge is 0.325 e. The zero-order valence-corrected chi connectivity index (χ0v) is 9.80. The van der Waals surface area contributed by atoms with E-state index in [-0.39, 0.29) is 18.1 Å². The van der Waals surface area contributed by atoms with Crippen molar-refractivity contribution in [2.24, 2.45) is 5.18 Å². The molecule has 1 aromatic heterocycles. The van der Waals surface area contributed by atoms with Gasteiger partial charge in [0.1, 0.15) is 12.9 Å². The van der Waals surface area contributed by atoms with Crippen molar-refractivity contribution in [3.8, 4) is 0 Å². The standard InChI is InChI=1S/C9H13N5O3/c1-10-8-7(13-16)9(12-5-11-8)14(2)4-6(15)17-3/h5H,4H2,1-3H3,(H,10,11,12). The third-order valence-electron chi connectivity index (χ3n) is 2.09. The first kappa shape index (κ1) is 12.8. The van der Waals surface area contributed by atoms with Gasteiger partial charge >= 0.3 is 5.97 Å². The number of esters is 1. The van der Waals surface area contributed by atoms with Gasteiger partial charge in [0.05, 0.1) is 7.11 Å². The Morgan fingerprint density at radius 2 is 2.29 bits per heavy atom. The average Bonchev–Trinajstić information content (AvgIpc) is 2.37. The predicted octanol–water partition coefficient (Wildman–Crippen LogP) is 0.525. The van der Waals surface area contributed by atoms with Crippen LogP contribution in [-0.4, -0.2) is 43.7 Å². The van der Waals surface area contributed by atoms with Crippen molar-refractivity contribution in [3.05, 3.63) is 11.2 Å². The van der Waals surface area contributed by atoms with Gasteiger partial charge in [0.15, 0.2) is 17.3 Å². The van der Waals surface area contributed by atoms with Gasteiger partial charge in [0.2, 0.25) is 0 Å². The first-order chi connectivity index (χ1) is 8.13. The van der Waals surface area contributed by atoms with Gasteiger partial charge in [-0.2, -0.15) is 0 Å². The lowest BCUT2D eigenvalue weighted by Crippen LogP contribution is -2.27. The summed E-state index contributed by atoms with van der Waals surface area (Å²) in [5.74, 6) is 0.139. The fourth-order valence-electron chi connectivity index (χ4n) is 1.25. The van der Waals surface area contributed by atoms with Crippen molar-refractivity contribution in [1.82, 2.24) is 9.97 Å². The highest BCUT2D eigenvalue weighted by Crippen LogP contribution is 2.30. The van der Waals surface area contributed by atoms with Crippen LogP contribution in [0.5, 0.6) is 0 Å². The van der Waals surface area contributed by atoms with Crippen molar-refractivity contribution in [3.63, 3.8) is 0 Å². The highest BCUT2D eigenvalue weighted by atomic mass is 16.5. The summed E-state index contributed by atoms with van der Waals surface area (Å²) in [7, 11) is 4.50. The quantitative estimate of drug-likeness (QED) is 0.591. The summed E-state index contributed by atoms with van der Waals surface area (Å²) in [6.45, 7) is -0.0286. The van der Waals surface area contributed by atoms with Crippen LogP contribution < -0.4 is 10.2 Å². The molecule has 0 aromatic carbocycles. The maximum absolute atomic E-state index is 11.1. The lowest BCUT2D eigenvalue weighted by atomic mass is 10.4. The number of nitrogens with zero attached hydrogens (tertiary/aromatic N) is 4. The van der Waals surface area contributed by atoms with E-state index in [1.807, 2.05) is 0 Å². The predicted molar refractivity (Wildman–Crippen MR) is 62.3 cm³/mol. The fourth-order valence-corrected chi connectivity index (χ4v) is 1.25. The van der Waals surface area contributed by atoms with E-state index in [1.54, 1.807) is 14.1 Å². The molecular weight excluding hydrogens is 226 g/mol. The van der Waals surface area contributed by atoms with Gasteiger partial charge in [-0.3, -0.25) is 4.79 Å². The lowest BCUT2D eigenvalue weighted by molar-refractivity contribution is -0.138. The summed E-state index contributed by atoms with van der Waals surface area (Å²) in [5.41, 5.74) is 0.0569. The highest BCUT2D eigenvalue weighted by Gasteiger charge is 2.17. The maximum Gasteiger partial charge on any atom is 0.325 e. The second kappa shape index (κ2) is 5.73. The van der Waals surface area contributed by atoms with Gasteiger partial charge in [-0.15, -0.1) is 4.91 Å². The molecule has 1 heterocycles. The summed E-state index contributed by atoms with van der Waals surface area (Å²) in [6, 6.07) is 0. The number of likely N-dealkylation sites (N-methyl/N-ethyl adjacent to an activating group) is 1. The molecule has 0 bridgehead atoms. The van der Waals surface area contributed by atoms with Gasteiger partial charge in [-0.1, -0.05) is 0 Å². The second-order valence-corrected chi connectivity index (χ2v) is 3.17. The first-order valence-electron chi connectivity index (χ1n) is 4.78. The van der Waals surface area contributed by atoms with E-state index in [0.29, 0.717) is 5.82 Å². The Balaban J connectivity index is 3.04. The van der Waals surface area contributed by atoms with E-state index in [9.17, 15) is 9.70 Å². The van der Waals surface area contributed by atoms with Crippen LogP contribution in [0.2, 0.25) is 0 Å². The van der Waals surface area contributed by atoms with Gasteiger partial charge < -0.3 is 15.0 Å². The molecule has 8 nitrogen and oxygen atoms in total. The number of nitrogens with one attached hydrogen (secondary N) is 1. The SMILES string of the molecule is CNc1ncnc(N(C)CC(=O)OC)c1N=O. The number of carbonyl (C=O) groups excluding carboxylic acids is 1. The Kier molecular flexibility index (Phi) is 4.32. The third kappa shape index (κ3) is 2.86. The van der Waals surface area contributed by atoms with Crippen LogP contribution in [0.15, 0.2) is 11.5 Å². The number of carbonyl (C=O) groups is 1. The van der Waals surface area contributed by atoms with Gasteiger partial charge in [-0.25, -0.2) is 9.97 Å². The van der Waals surface area contributed by atoms with E-state index in [2.05, 4.69) is 25.2 Å². The van der Waals surface area contributed by atoms with Crippen LogP contribution in [0.1, 0.15) is 0 Å². The molecule has 0 unspecified atom stereocenters. The minimum absolute atomic E-state index is 0.0286. The molecule has 0 aliphatic rings. The molecule has 8 heteroatoms. The van der Waals surface area contributed by atoms with Crippen LogP contribution in [0, 0.1) is 4.91 Å². The largest absolute Gasteiger partial charge is 0.468 e. The van der Waals surface area contributed by atoms with E-state index in [1.165, 1.54) is 18.3 Å². The summed E-state index contributed by atoms with van der Waals surface area (Å²) < 4.78 is 4.52. The summed E-state index contributed by atoms with van der Waals surface area (Å²) >= 11 is 0. The molecule has 0 aliphatic heterocycles. The number of hydrogen-bond donors (Lipinski definition) is 1. The van der Waals surface area contributed by atoms with E-state index >= 15 is 0 Å². The Bertz CT molecular complexity index is 423. The molecule has 0 fully saturated rings. The molecule has 17 heavy (non-hydrogen) atoms. The van der Waals surface area contributed by atoms with E-state index in [0.717, 1.165) is 0 Å². The number of ether oxygens (including phenoxy) is 1. The molecule has 0 saturated carbocycles. The Morgan fingerprint density at radius 1 is 1.59 bits per heavy atom. The number of hydrogen-bond acceptors (Lipinski definition) is 8. The fraction of sp³-hybridized carbons (Fsp3) is 0.444. The number of nitroso groups, excluding NO2 is 1. The van der Waals surface area contributed by atoms with Crippen LogP contribution in [-0.2, 0) is 9.53 Å². The van der Waals surface area contributed by atoms with E-state index < -0.39 is 5.97 Å². The molecule has 0 atom stereocenters. The van der Waals surface area contributed by atoms with E-state index in [4.69, 9.17) is 0 Å². The number of anilines is 2. The summed E-state index contributed by atoms with van der Waals surface area (Å²) in [5, 5.41) is 5.59. The monoisotopic (exact) mass is 239 g/mol. The Hall–Kier alpha value is -2.25. The topological polar surface area (TPSA) is 96.8 Å². The van der Waals surface area contributed by atoms with Gasteiger partial charge in [0.25, 0.3) is 0 Å². The number of aromatic nitrogens is 2. The second-order valence-electron chi connectivity index (χ2n) is 3.17. The molecule has 1 N–H and O–H groups in total. The van der Waals surface area contributed by atoms with Crippen LogP contribution >= 0.6 is 0 Å². The zero-order valence-electron chi connectivity index (χ0n) is 9.80. The normalized spacial score (nSPS) is 9.59. The molecule has 1 rings (SSSR count).